The average molecular weight is 540 g/mol. The molecule has 0 aromatic heterocycles. The van der Waals surface area contributed by atoms with Gasteiger partial charge in [0.15, 0.2) is 0 Å². The van der Waals surface area contributed by atoms with Gasteiger partial charge < -0.3 is 26.4 Å². The van der Waals surface area contributed by atoms with E-state index in [9.17, 15) is 17.6 Å². The standard InChI is InChI=1S/C24H34FN5O.C2H3F3.C2H4/c1-16-12-21(25)22(29-7-5-4-6-26)15-19(16)18-13-20(17(2)28-3)24(27)23(14-18)30-8-10-31-11-9-30;1-2(3,4)5;1-2/h12-15,29H,4-11,26-27H2,1-3H3;1H3;1-2H2. The quantitative estimate of drug-likeness (QED) is 0.123. The SMILES string of the molecule is C=C.CC(F)(F)F.CN=C(C)c1cc(-c2cc(NCCCCN)c(F)cc2C)cc(N2CCOCC2)c1N. The van der Waals surface area contributed by atoms with E-state index in [2.05, 4.69) is 40.5 Å². The van der Waals surface area contributed by atoms with Crippen LogP contribution < -0.4 is 21.7 Å². The highest BCUT2D eigenvalue weighted by Gasteiger charge is 2.20. The molecule has 0 bridgehead atoms. The summed E-state index contributed by atoms with van der Waals surface area (Å²) in [5.41, 5.74) is 19.0. The van der Waals surface area contributed by atoms with Gasteiger partial charge in [-0.1, -0.05) is 0 Å². The third-order valence-electron chi connectivity index (χ3n) is 5.81. The Morgan fingerprint density at radius 3 is 2.29 bits per heavy atom. The van der Waals surface area contributed by atoms with Gasteiger partial charge >= 0.3 is 6.18 Å². The summed E-state index contributed by atoms with van der Waals surface area (Å²) in [6.07, 6.45) is -2.19. The number of hydrogen-bond acceptors (Lipinski definition) is 6. The highest BCUT2D eigenvalue weighted by atomic mass is 19.4. The molecule has 0 amide bonds. The molecule has 212 valence electrons. The molecule has 38 heavy (non-hydrogen) atoms. The molecule has 1 saturated heterocycles. The largest absolute Gasteiger partial charge is 0.397 e. The summed E-state index contributed by atoms with van der Waals surface area (Å²) < 4.78 is 51.2. The molecule has 0 aliphatic carbocycles. The third-order valence-corrected chi connectivity index (χ3v) is 5.81. The van der Waals surface area contributed by atoms with E-state index in [1.54, 1.807) is 13.1 Å². The van der Waals surface area contributed by atoms with E-state index >= 15 is 0 Å². The van der Waals surface area contributed by atoms with Crippen molar-refractivity contribution in [2.75, 3.05) is 62.4 Å². The van der Waals surface area contributed by atoms with Crippen molar-refractivity contribution in [3.05, 3.63) is 54.4 Å². The lowest BCUT2D eigenvalue weighted by Gasteiger charge is -2.31. The molecule has 0 atom stereocenters. The topological polar surface area (TPSA) is 88.9 Å². The van der Waals surface area contributed by atoms with Gasteiger partial charge in [-0.05, 0) is 74.2 Å². The van der Waals surface area contributed by atoms with Crippen molar-refractivity contribution < 1.29 is 22.3 Å². The van der Waals surface area contributed by atoms with E-state index in [1.165, 1.54) is 0 Å². The Labute approximate surface area is 223 Å². The summed E-state index contributed by atoms with van der Waals surface area (Å²) in [7, 11) is 1.77. The highest BCUT2D eigenvalue weighted by molar-refractivity contribution is 6.07. The summed E-state index contributed by atoms with van der Waals surface area (Å²) in [6.45, 7) is 14.3. The normalized spacial score (nSPS) is 13.7. The van der Waals surface area contributed by atoms with Crippen LogP contribution in [0.3, 0.4) is 0 Å². The number of nitrogens with two attached hydrogens (primary N) is 2. The number of rotatable bonds is 8. The zero-order valence-electron chi connectivity index (χ0n) is 22.8. The molecule has 1 aliphatic heterocycles. The summed E-state index contributed by atoms with van der Waals surface area (Å²) in [6, 6.07) is 7.64. The smallest absolute Gasteiger partial charge is 0.386 e. The van der Waals surface area contributed by atoms with E-state index in [-0.39, 0.29) is 12.7 Å². The minimum atomic E-state index is -4.00. The lowest BCUT2D eigenvalue weighted by Crippen LogP contribution is -2.36. The van der Waals surface area contributed by atoms with E-state index in [0.717, 1.165) is 59.6 Å². The predicted octanol–water partition coefficient (Wildman–Crippen LogP) is 6.18. The molecule has 2 aromatic carbocycles. The number of aryl methyl sites for hydroxylation is 1. The Balaban J connectivity index is 0.000000924. The van der Waals surface area contributed by atoms with E-state index in [0.29, 0.717) is 37.7 Å². The molecule has 0 saturated carbocycles. The maximum atomic E-state index is 14.6. The monoisotopic (exact) mass is 539 g/mol. The molecule has 1 aliphatic rings. The number of nitrogens with one attached hydrogen (secondary N) is 1. The van der Waals surface area contributed by atoms with Gasteiger partial charge in [0, 0.05) is 44.9 Å². The molecule has 1 fully saturated rings. The van der Waals surface area contributed by atoms with Crippen molar-refractivity contribution in [3.63, 3.8) is 0 Å². The minimum Gasteiger partial charge on any atom is -0.397 e. The van der Waals surface area contributed by atoms with Crippen LogP contribution in [-0.4, -0.2) is 58.3 Å². The Morgan fingerprint density at radius 2 is 1.74 bits per heavy atom. The molecule has 6 nitrogen and oxygen atoms in total. The molecular formula is C28H41F4N5O. The zero-order chi connectivity index (χ0) is 28.9. The summed E-state index contributed by atoms with van der Waals surface area (Å²) in [5, 5.41) is 3.22. The number of halogens is 4. The van der Waals surface area contributed by atoms with Crippen LogP contribution in [0, 0.1) is 12.7 Å². The summed E-state index contributed by atoms with van der Waals surface area (Å²) in [4.78, 5) is 6.61. The number of anilines is 3. The number of alkyl halides is 3. The first-order valence-electron chi connectivity index (χ1n) is 12.5. The van der Waals surface area contributed by atoms with Gasteiger partial charge in [0.25, 0.3) is 0 Å². The van der Waals surface area contributed by atoms with Crippen LogP contribution in [-0.2, 0) is 4.74 Å². The van der Waals surface area contributed by atoms with Crippen molar-refractivity contribution in [2.24, 2.45) is 10.7 Å². The van der Waals surface area contributed by atoms with Gasteiger partial charge in [-0.3, -0.25) is 4.99 Å². The van der Waals surface area contributed by atoms with Crippen molar-refractivity contribution in [1.29, 1.82) is 0 Å². The van der Waals surface area contributed by atoms with Crippen LogP contribution in [0.2, 0.25) is 0 Å². The number of hydrogen-bond donors (Lipinski definition) is 3. The van der Waals surface area contributed by atoms with Crippen molar-refractivity contribution >= 4 is 22.8 Å². The van der Waals surface area contributed by atoms with Gasteiger partial charge in [-0.15, -0.1) is 13.2 Å². The van der Waals surface area contributed by atoms with Gasteiger partial charge in [0.2, 0.25) is 0 Å². The van der Waals surface area contributed by atoms with Crippen molar-refractivity contribution in [1.82, 2.24) is 0 Å². The fourth-order valence-electron chi connectivity index (χ4n) is 3.89. The molecule has 0 unspecified atom stereocenters. The van der Waals surface area contributed by atoms with Crippen LogP contribution in [0.5, 0.6) is 0 Å². The number of morpholine rings is 1. The second-order valence-corrected chi connectivity index (χ2v) is 8.72. The fourth-order valence-corrected chi connectivity index (χ4v) is 3.89. The molecule has 1 heterocycles. The number of benzene rings is 2. The first-order valence-corrected chi connectivity index (χ1v) is 12.5. The van der Waals surface area contributed by atoms with E-state index in [4.69, 9.17) is 16.2 Å². The second-order valence-electron chi connectivity index (χ2n) is 8.72. The maximum absolute atomic E-state index is 14.6. The number of nitrogens with zero attached hydrogens (tertiary/aromatic N) is 2. The molecule has 3 rings (SSSR count). The lowest BCUT2D eigenvalue weighted by atomic mass is 9.94. The fraction of sp³-hybridized carbons (Fsp3) is 0.464. The first kappa shape index (κ1) is 32.9. The van der Waals surface area contributed by atoms with Crippen LogP contribution in [0.25, 0.3) is 11.1 Å². The van der Waals surface area contributed by atoms with Crippen LogP contribution >= 0.6 is 0 Å². The number of nitrogen functional groups attached to an aromatic ring is 1. The van der Waals surface area contributed by atoms with Crippen LogP contribution in [0.15, 0.2) is 42.4 Å². The number of unbranched alkanes of at least 4 members (excludes halogenated alkanes) is 1. The van der Waals surface area contributed by atoms with Gasteiger partial charge in [-0.25, -0.2) is 4.39 Å². The van der Waals surface area contributed by atoms with Gasteiger partial charge in [-0.2, -0.15) is 13.2 Å². The third kappa shape index (κ3) is 10.3. The summed E-state index contributed by atoms with van der Waals surface area (Å²) in [5.74, 6) is -0.246. The maximum Gasteiger partial charge on any atom is 0.386 e. The Morgan fingerprint density at radius 1 is 1.13 bits per heavy atom. The van der Waals surface area contributed by atoms with E-state index in [1.807, 2.05) is 19.9 Å². The summed E-state index contributed by atoms with van der Waals surface area (Å²) >= 11 is 0. The van der Waals surface area contributed by atoms with Crippen LogP contribution in [0.1, 0.15) is 37.8 Å². The molecule has 10 heteroatoms. The van der Waals surface area contributed by atoms with E-state index < -0.39 is 6.18 Å². The molecular weight excluding hydrogens is 498 g/mol. The second kappa shape index (κ2) is 16.0. The number of aliphatic imine (C=N–C) groups is 1. The number of ether oxygens (including phenoxy) is 1. The highest BCUT2D eigenvalue weighted by Crippen LogP contribution is 2.37. The Bertz CT molecular complexity index is 1040. The van der Waals surface area contributed by atoms with Crippen molar-refractivity contribution in [3.8, 4) is 11.1 Å². The molecule has 0 spiro atoms. The van der Waals surface area contributed by atoms with Gasteiger partial charge in [0.05, 0.1) is 30.3 Å². The Kier molecular flexibility index (Phi) is 13.8. The van der Waals surface area contributed by atoms with Crippen LogP contribution in [0.4, 0.5) is 34.6 Å². The predicted molar refractivity (Wildman–Crippen MR) is 152 cm³/mol. The molecule has 0 radical (unpaired) electrons. The minimum absolute atomic E-state index is 0.188. The molecule has 5 N–H and O–H groups in total. The lowest BCUT2D eigenvalue weighted by molar-refractivity contribution is -0.110. The molecule has 2 aromatic rings. The zero-order valence-corrected chi connectivity index (χ0v) is 22.8. The first-order chi connectivity index (χ1) is 18.0. The van der Waals surface area contributed by atoms with Crippen molar-refractivity contribution in [2.45, 2.75) is 39.8 Å². The average Bonchev–Trinajstić information content (AvgIpc) is 2.88. The van der Waals surface area contributed by atoms with Gasteiger partial charge in [0.1, 0.15) is 5.82 Å². The Hall–Kier alpha value is -3.11.